The second kappa shape index (κ2) is 8.99. The molecule has 0 saturated carbocycles. The lowest BCUT2D eigenvalue weighted by Crippen LogP contribution is -2.46. The molecule has 1 saturated heterocycles. The maximum atomic E-state index is 12.0. The van der Waals surface area contributed by atoms with Crippen molar-refractivity contribution in [1.82, 2.24) is 9.62 Å². The van der Waals surface area contributed by atoms with Gasteiger partial charge in [-0.05, 0) is 55.5 Å². The van der Waals surface area contributed by atoms with Gasteiger partial charge in [-0.25, -0.2) is 13.1 Å². The highest BCUT2D eigenvalue weighted by Crippen LogP contribution is 2.18. The maximum absolute atomic E-state index is 12.0. The van der Waals surface area contributed by atoms with Crippen LogP contribution in [0.1, 0.15) is 18.4 Å². The summed E-state index contributed by atoms with van der Waals surface area (Å²) in [5, 5.41) is 1.78. The van der Waals surface area contributed by atoms with Gasteiger partial charge in [-0.2, -0.15) is 0 Å². The third-order valence-electron chi connectivity index (χ3n) is 4.69. The van der Waals surface area contributed by atoms with Crippen molar-refractivity contribution in [2.45, 2.75) is 24.0 Å². The molecule has 0 unspecified atom stereocenters. The van der Waals surface area contributed by atoms with E-state index in [0.717, 1.165) is 45.6 Å². The van der Waals surface area contributed by atoms with Crippen LogP contribution in [0.3, 0.4) is 0 Å². The topological polar surface area (TPSA) is 52.6 Å². The predicted molar refractivity (Wildman–Crippen MR) is 109 cm³/mol. The van der Waals surface area contributed by atoms with Gasteiger partial charge in [0.2, 0.25) is 10.0 Å². The van der Waals surface area contributed by atoms with Gasteiger partial charge >= 0.3 is 0 Å². The minimum Gasteiger partial charge on any atom is -0.369 e. The number of hydrogen-bond acceptors (Lipinski definition) is 5. The number of sulfonamides is 1. The molecule has 1 N–H and O–H groups in total. The molecular weight excluding hydrogens is 366 g/mol. The fraction of sp³-hybridized carbons (Fsp3) is 0.474. The number of benzene rings is 1. The van der Waals surface area contributed by atoms with Gasteiger partial charge in [0.1, 0.15) is 4.21 Å². The average Bonchev–Trinajstić information content (AvgIpc) is 3.18. The van der Waals surface area contributed by atoms with Gasteiger partial charge in [0.25, 0.3) is 0 Å². The van der Waals surface area contributed by atoms with E-state index in [0.29, 0.717) is 10.8 Å². The molecule has 0 bridgehead atoms. The summed E-state index contributed by atoms with van der Waals surface area (Å²) < 4.78 is 27.2. The number of aryl methyl sites for hydroxylation is 1. The summed E-state index contributed by atoms with van der Waals surface area (Å²) in [6.45, 7) is 7.89. The molecule has 2 aromatic rings. The van der Waals surface area contributed by atoms with Crippen LogP contribution in [0.4, 0.5) is 5.69 Å². The summed E-state index contributed by atoms with van der Waals surface area (Å²) in [5.74, 6) is 0. The van der Waals surface area contributed by atoms with E-state index < -0.39 is 10.0 Å². The Labute approximate surface area is 160 Å². The molecule has 0 spiro atoms. The maximum Gasteiger partial charge on any atom is 0.250 e. The van der Waals surface area contributed by atoms with E-state index in [1.807, 2.05) is 0 Å². The zero-order valence-corrected chi connectivity index (χ0v) is 16.9. The highest BCUT2D eigenvalue weighted by molar-refractivity contribution is 7.91. The number of piperazine rings is 1. The first-order valence-electron chi connectivity index (χ1n) is 9.12. The zero-order chi connectivity index (χ0) is 18.4. The third-order valence-corrected chi connectivity index (χ3v) is 7.55. The number of hydrogen-bond donors (Lipinski definition) is 1. The Hall–Kier alpha value is -1.41. The van der Waals surface area contributed by atoms with E-state index in [1.165, 1.54) is 22.6 Å². The lowest BCUT2D eigenvalue weighted by Gasteiger charge is -2.36. The molecule has 1 aromatic carbocycles. The van der Waals surface area contributed by atoms with Crippen molar-refractivity contribution >= 4 is 27.0 Å². The van der Waals surface area contributed by atoms with Crippen molar-refractivity contribution in [1.29, 1.82) is 0 Å². The number of nitrogens with zero attached hydrogens (tertiary/aromatic N) is 2. The predicted octanol–water partition coefficient (Wildman–Crippen LogP) is 2.94. The average molecular weight is 394 g/mol. The Bertz CT molecular complexity index is 783. The quantitative estimate of drug-likeness (QED) is 0.701. The summed E-state index contributed by atoms with van der Waals surface area (Å²) in [5.41, 5.74) is 2.61. The van der Waals surface area contributed by atoms with Crippen LogP contribution in [0.25, 0.3) is 0 Å². The zero-order valence-electron chi connectivity index (χ0n) is 15.2. The largest absolute Gasteiger partial charge is 0.369 e. The van der Waals surface area contributed by atoms with Gasteiger partial charge in [0.15, 0.2) is 0 Å². The van der Waals surface area contributed by atoms with Gasteiger partial charge in [-0.15, -0.1) is 11.3 Å². The van der Waals surface area contributed by atoms with E-state index in [4.69, 9.17) is 0 Å². The molecular formula is C19H27N3O2S2. The SMILES string of the molecule is Cc1cccc(N2CCN(CCCCNS(=O)(=O)c3cccs3)CC2)c1. The fourth-order valence-corrected chi connectivity index (χ4v) is 5.32. The van der Waals surface area contributed by atoms with Crippen LogP contribution in [-0.2, 0) is 10.0 Å². The Balaban J connectivity index is 1.33. The van der Waals surface area contributed by atoms with Crippen molar-refractivity contribution in [2.75, 3.05) is 44.2 Å². The van der Waals surface area contributed by atoms with E-state index >= 15 is 0 Å². The molecule has 0 radical (unpaired) electrons. The van der Waals surface area contributed by atoms with Crippen LogP contribution in [0.2, 0.25) is 0 Å². The van der Waals surface area contributed by atoms with Gasteiger partial charge in [0, 0.05) is 38.4 Å². The molecule has 26 heavy (non-hydrogen) atoms. The first kappa shape index (κ1) is 19.4. The van der Waals surface area contributed by atoms with E-state index in [-0.39, 0.29) is 0 Å². The molecule has 2 heterocycles. The number of unbranched alkanes of at least 4 members (excludes halogenated alkanes) is 1. The molecule has 0 aliphatic carbocycles. The number of anilines is 1. The molecule has 1 aromatic heterocycles. The van der Waals surface area contributed by atoms with Crippen molar-refractivity contribution in [3.05, 3.63) is 47.3 Å². The Morgan fingerprint density at radius 1 is 1.08 bits per heavy atom. The lowest BCUT2D eigenvalue weighted by molar-refractivity contribution is 0.253. The summed E-state index contributed by atoms with van der Waals surface area (Å²) in [6, 6.07) is 12.1. The summed E-state index contributed by atoms with van der Waals surface area (Å²) in [6.07, 6.45) is 1.88. The van der Waals surface area contributed by atoms with Gasteiger partial charge in [-0.1, -0.05) is 18.2 Å². The van der Waals surface area contributed by atoms with Crippen molar-refractivity contribution in [2.24, 2.45) is 0 Å². The molecule has 1 aliphatic heterocycles. The molecule has 7 heteroatoms. The van der Waals surface area contributed by atoms with Gasteiger partial charge in [0.05, 0.1) is 0 Å². The normalized spacial score (nSPS) is 16.1. The van der Waals surface area contributed by atoms with Gasteiger partial charge in [-0.3, -0.25) is 4.90 Å². The second-order valence-electron chi connectivity index (χ2n) is 6.70. The number of rotatable bonds is 8. The van der Waals surface area contributed by atoms with Crippen LogP contribution < -0.4 is 9.62 Å². The Kier molecular flexibility index (Phi) is 6.69. The van der Waals surface area contributed by atoms with Crippen molar-refractivity contribution < 1.29 is 8.42 Å². The fourth-order valence-electron chi connectivity index (χ4n) is 3.21. The molecule has 0 amide bonds. The number of nitrogens with one attached hydrogen (secondary N) is 1. The summed E-state index contributed by atoms with van der Waals surface area (Å²) >= 11 is 1.25. The van der Waals surface area contributed by atoms with E-state index in [9.17, 15) is 8.42 Å². The second-order valence-corrected chi connectivity index (χ2v) is 9.65. The highest BCUT2D eigenvalue weighted by Gasteiger charge is 2.17. The van der Waals surface area contributed by atoms with Crippen LogP contribution in [-0.4, -0.2) is 52.6 Å². The van der Waals surface area contributed by atoms with E-state index in [1.54, 1.807) is 17.5 Å². The first-order chi connectivity index (χ1) is 12.5. The van der Waals surface area contributed by atoms with Gasteiger partial charge < -0.3 is 4.90 Å². The molecule has 3 rings (SSSR count). The Morgan fingerprint density at radius 2 is 1.88 bits per heavy atom. The third kappa shape index (κ3) is 5.30. The minimum absolute atomic E-state index is 0.393. The molecule has 5 nitrogen and oxygen atoms in total. The summed E-state index contributed by atoms with van der Waals surface area (Å²) in [4.78, 5) is 4.92. The van der Waals surface area contributed by atoms with Crippen LogP contribution in [0.15, 0.2) is 46.0 Å². The minimum atomic E-state index is -3.32. The van der Waals surface area contributed by atoms with E-state index in [2.05, 4.69) is 45.7 Å². The highest BCUT2D eigenvalue weighted by atomic mass is 32.2. The Morgan fingerprint density at radius 3 is 2.58 bits per heavy atom. The molecule has 1 fully saturated rings. The standard InChI is InChI=1S/C19H27N3O2S2/c1-17-6-4-7-18(16-17)22-13-11-21(12-14-22)10-3-2-9-20-26(23,24)19-8-5-15-25-19/h4-8,15-16,20H,2-3,9-14H2,1H3. The smallest absolute Gasteiger partial charge is 0.250 e. The van der Waals surface area contributed by atoms with Crippen molar-refractivity contribution in [3.63, 3.8) is 0 Å². The lowest BCUT2D eigenvalue weighted by atomic mass is 10.2. The first-order valence-corrected chi connectivity index (χ1v) is 11.5. The monoisotopic (exact) mass is 393 g/mol. The van der Waals surface area contributed by atoms with Crippen molar-refractivity contribution in [3.8, 4) is 0 Å². The van der Waals surface area contributed by atoms with Crippen LogP contribution >= 0.6 is 11.3 Å². The molecule has 1 aliphatic rings. The molecule has 0 atom stereocenters. The molecule has 142 valence electrons. The van der Waals surface area contributed by atoms with Crippen LogP contribution in [0.5, 0.6) is 0 Å². The van der Waals surface area contributed by atoms with Crippen LogP contribution in [0, 0.1) is 6.92 Å². The summed E-state index contributed by atoms with van der Waals surface area (Å²) in [7, 11) is -3.32. The number of thiophene rings is 1.